The van der Waals surface area contributed by atoms with E-state index in [1.165, 1.54) is 21.5 Å². The summed E-state index contributed by atoms with van der Waals surface area (Å²) in [7, 11) is 1.62. The van der Waals surface area contributed by atoms with Crippen molar-refractivity contribution in [1.82, 2.24) is 19.1 Å². The standard InChI is InChI=1S/C14H22N7O5/c1-12-16-11-13(19(22)23)18(12)8-10-21(2,26)9-4-3-6-17-7-5-15-14(17)20(24)25/h5,7,11,26H,3-4,6,8-10H2,1-2H3/q+1. The van der Waals surface area contributed by atoms with Crippen LogP contribution in [0.1, 0.15) is 18.7 Å². The minimum absolute atomic E-state index is 0.102. The minimum atomic E-state index is -0.535. The first-order valence-corrected chi connectivity index (χ1v) is 8.10. The topological polar surface area (TPSA) is 142 Å². The summed E-state index contributed by atoms with van der Waals surface area (Å²) in [5.74, 6) is 0.216. The molecule has 0 aliphatic carbocycles. The zero-order valence-corrected chi connectivity index (χ0v) is 14.7. The third-order valence-electron chi connectivity index (χ3n) is 4.17. The fourth-order valence-electron chi connectivity index (χ4n) is 2.69. The van der Waals surface area contributed by atoms with Gasteiger partial charge in [-0.05, 0) is 16.3 Å². The molecule has 0 saturated carbocycles. The van der Waals surface area contributed by atoms with Gasteiger partial charge in [0.15, 0.2) is 5.82 Å². The molecule has 0 amide bonds. The van der Waals surface area contributed by atoms with Gasteiger partial charge in [0.2, 0.25) is 0 Å². The highest BCUT2D eigenvalue weighted by Gasteiger charge is 2.24. The Morgan fingerprint density at radius 1 is 1.15 bits per heavy atom. The highest BCUT2D eigenvalue weighted by atomic mass is 16.6. The first-order valence-electron chi connectivity index (χ1n) is 8.10. The van der Waals surface area contributed by atoms with Crippen molar-refractivity contribution in [1.29, 1.82) is 0 Å². The largest absolute Gasteiger partial charge is 0.434 e. The Morgan fingerprint density at radius 3 is 2.54 bits per heavy atom. The monoisotopic (exact) mass is 368 g/mol. The number of nitrogens with zero attached hydrogens (tertiary/aromatic N) is 7. The molecule has 12 nitrogen and oxygen atoms in total. The molecule has 0 aromatic carbocycles. The van der Waals surface area contributed by atoms with Crippen LogP contribution in [0.15, 0.2) is 18.6 Å². The lowest BCUT2D eigenvalue weighted by Gasteiger charge is -2.24. The fourth-order valence-corrected chi connectivity index (χ4v) is 2.69. The third kappa shape index (κ3) is 4.83. The Labute approximate surface area is 149 Å². The summed E-state index contributed by atoms with van der Waals surface area (Å²) in [4.78, 5) is 28.4. The Kier molecular flexibility index (Phi) is 6.00. The number of unbranched alkanes of at least 4 members (excludes halogenated alkanes) is 1. The number of hydroxylamine groups is 3. The van der Waals surface area contributed by atoms with E-state index in [0.717, 1.165) is 0 Å². The third-order valence-corrected chi connectivity index (χ3v) is 4.17. The van der Waals surface area contributed by atoms with E-state index in [9.17, 15) is 25.4 Å². The molecule has 12 heteroatoms. The van der Waals surface area contributed by atoms with Gasteiger partial charge < -0.3 is 20.2 Å². The number of rotatable bonds is 10. The van der Waals surface area contributed by atoms with E-state index in [1.807, 2.05) is 0 Å². The van der Waals surface area contributed by atoms with Crippen LogP contribution in [0.3, 0.4) is 0 Å². The van der Waals surface area contributed by atoms with Crippen molar-refractivity contribution < 1.29 is 19.7 Å². The SMILES string of the molecule is Cc1ncc([N+](=O)[O-])n1CC[N+](C)(O)CCCCn1ccnc1[N+](=O)[O-]. The van der Waals surface area contributed by atoms with Crippen molar-refractivity contribution >= 4 is 11.8 Å². The number of quaternary nitrogens is 1. The van der Waals surface area contributed by atoms with Gasteiger partial charge in [-0.3, -0.25) is 0 Å². The Hall–Kier alpha value is -2.86. The van der Waals surface area contributed by atoms with Crippen LogP contribution in [0.2, 0.25) is 0 Å². The summed E-state index contributed by atoms with van der Waals surface area (Å²) in [5.41, 5.74) is 0. The summed E-state index contributed by atoms with van der Waals surface area (Å²) in [6, 6.07) is 0. The van der Waals surface area contributed by atoms with Crippen LogP contribution < -0.4 is 0 Å². The predicted molar refractivity (Wildman–Crippen MR) is 89.4 cm³/mol. The van der Waals surface area contributed by atoms with Crippen molar-refractivity contribution in [3.8, 4) is 0 Å². The van der Waals surface area contributed by atoms with E-state index < -0.39 is 9.85 Å². The lowest BCUT2D eigenvalue weighted by atomic mass is 10.3. The second kappa shape index (κ2) is 8.01. The molecule has 1 atom stereocenters. The van der Waals surface area contributed by atoms with Crippen molar-refractivity contribution in [3.05, 3.63) is 44.6 Å². The Bertz CT molecular complexity index is 782. The summed E-state index contributed by atoms with van der Waals surface area (Å²) in [6.45, 7) is 3.07. The lowest BCUT2D eigenvalue weighted by molar-refractivity contribution is -1.09. The molecule has 0 aliphatic heterocycles. The van der Waals surface area contributed by atoms with Gasteiger partial charge in [0, 0.05) is 13.3 Å². The van der Waals surface area contributed by atoms with Gasteiger partial charge >= 0.3 is 11.8 Å². The van der Waals surface area contributed by atoms with E-state index in [2.05, 4.69) is 9.97 Å². The van der Waals surface area contributed by atoms with Crippen molar-refractivity contribution in [2.24, 2.45) is 0 Å². The molecule has 0 bridgehead atoms. The number of imidazole rings is 2. The second-order valence-corrected chi connectivity index (χ2v) is 6.24. The maximum Gasteiger partial charge on any atom is 0.434 e. The van der Waals surface area contributed by atoms with E-state index in [-0.39, 0.29) is 29.5 Å². The molecule has 0 radical (unpaired) electrons. The van der Waals surface area contributed by atoms with Crippen LogP contribution in [0.25, 0.3) is 0 Å². The molecular formula is C14H22N7O5+. The maximum absolute atomic E-state index is 11.0. The van der Waals surface area contributed by atoms with Crippen LogP contribution in [-0.2, 0) is 13.1 Å². The first-order chi connectivity index (χ1) is 12.2. The van der Waals surface area contributed by atoms with Crippen molar-refractivity contribution in [2.75, 3.05) is 20.1 Å². The van der Waals surface area contributed by atoms with Gasteiger partial charge in [-0.25, -0.2) is 19.3 Å². The molecule has 2 rings (SSSR count). The highest BCUT2D eigenvalue weighted by molar-refractivity contribution is 5.18. The van der Waals surface area contributed by atoms with Crippen LogP contribution in [0.5, 0.6) is 0 Å². The summed E-state index contributed by atoms with van der Waals surface area (Å²) in [6.07, 6.45) is 5.40. The molecule has 1 unspecified atom stereocenters. The number of nitro groups is 2. The smallest absolute Gasteiger partial charge is 0.390 e. The van der Waals surface area contributed by atoms with Gasteiger partial charge in [-0.15, -0.1) is 0 Å². The summed E-state index contributed by atoms with van der Waals surface area (Å²) in [5, 5.41) is 32.2. The number of hydrogen-bond acceptors (Lipinski definition) is 7. The second-order valence-electron chi connectivity index (χ2n) is 6.24. The number of hydrogen-bond donors (Lipinski definition) is 1. The Balaban J connectivity index is 1.82. The molecular weight excluding hydrogens is 346 g/mol. The molecule has 2 heterocycles. The van der Waals surface area contributed by atoms with Gasteiger partial charge in [-0.1, -0.05) is 4.98 Å². The highest BCUT2D eigenvalue weighted by Crippen LogP contribution is 2.15. The van der Waals surface area contributed by atoms with Crippen LogP contribution in [0, 0.1) is 27.2 Å². The van der Waals surface area contributed by atoms with Gasteiger partial charge in [-0.2, -0.15) is 4.65 Å². The molecule has 0 spiro atoms. The van der Waals surface area contributed by atoms with Gasteiger partial charge in [0.25, 0.3) is 0 Å². The quantitative estimate of drug-likeness (QED) is 0.290. The van der Waals surface area contributed by atoms with E-state index in [0.29, 0.717) is 31.8 Å². The van der Waals surface area contributed by atoms with Crippen molar-refractivity contribution in [3.63, 3.8) is 0 Å². The molecule has 0 saturated heterocycles. The molecule has 26 heavy (non-hydrogen) atoms. The normalized spacial score (nSPS) is 13.5. The van der Waals surface area contributed by atoms with Crippen LogP contribution in [0.4, 0.5) is 11.8 Å². The predicted octanol–water partition coefficient (Wildman–Crippen LogP) is 1.52. The average molecular weight is 368 g/mol. The average Bonchev–Trinajstić information content (AvgIpc) is 3.16. The molecule has 142 valence electrons. The van der Waals surface area contributed by atoms with Crippen LogP contribution >= 0.6 is 0 Å². The van der Waals surface area contributed by atoms with E-state index in [1.54, 1.807) is 20.2 Å². The maximum atomic E-state index is 11.0. The molecule has 0 fully saturated rings. The van der Waals surface area contributed by atoms with Gasteiger partial charge in [0.05, 0.1) is 13.6 Å². The first kappa shape index (κ1) is 19.5. The number of aryl methyl sites for hydroxylation is 2. The molecule has 1 N–H and O–H groups in total. The number of likely N-dealkylation sites (N-methyl/N-ethyl adjacent to an activating group) is 1. The minimum Gasteiger partial charge on any atom is -0.390 e. The van der Waals surface area contributed by atoms with Crippen molar-refractivity contribution in [2.45, 2.75) is 32.9 Å². The van der Waals surface area contributed by atoms with Crippen LogP contribution in [-0.4, -0.2) is 58.9 Å². The lowest BCUT2D eigenvalue weighted by Crippen LogP contribution is -2.43. The van der Waals surface area contributed by atoms with Gasteiger partial charge in [0.1, 0.15) is 38.2 Å². The number of aromatic nitrogens is 4. The van der Waals surface area contributed by atoms with E-state index >= 15 is 0 Å². The Morgan fingerprint density at radius 2 is 1.88 bits per heavy atom. The zero-order chi connectivity index (χ0) is 19.3. The summed E-state index contributed by atoms with van der Waals surface area (Å²) >= 11 is 0. The molecule has 2 aromatic heterocycles. The zero-order valence-electron chi connectivity index (χ0n) is 14.7. The van der Waals surface area contributed by atoms with E-state index in [4.69, 9.17) is 0 Å². The fraction of sp³-hybridized carbons (Fsp3) is 0.571. The summed E-state index contributed by atoms with van der Waals surface area (Å²) < 4.78 is 2.61. The molecule has 2 aromatic rings. The molecule has 0 aliphatic rings.